The Bertz CT molecular complexity index is 938. The fraction of sp³-hybridized carbons (Fsp3) is 0.571. The number of rotatable bonds is 5. The molecule has 30 heavy (non-hydrogen) atoms. The van der Waals surface area contributed by atoms with E-state index in [1.807, 2.05) is 24.5 Å². The molecule has 0 radical (unpaired) electrons. The van der Waals surface area contributed by atoms with Crippen molar-refractivity contribution in [3.63, 3.8) is 0 Å². The van der Waals surface area contributed by atoms with Crippen molar-refractivity contribution >= 4 is 15.7 Å². The second-order valence-corrected chi connectivity index (χ2v) is 10.4. The van der Waals surface area contributed by atoms with Gasteiger partial charge in [-0.2, -0.15) is 5.10 Å². The number of aromatic amines is 1. The van der Waals surface area contributed by atoms with E-state index in [9.17, 15) is 8.42 Å². The Morgan fingerprint density at radius 2 is 1.90 bits per heavy atom. The molecule has 3 unspecified atom stereocenters. The third-order valence-electron chi connectivity index (χ3n) is 6.87. The first kappa shape index (κ1) is 21.3. The van der Waals surface area contributed by atoms with Crippen molar-refractivity contribution in [2.75, 3.05) is 25.0 Å². The number of nitrogens with zero attached hydrogens (tertiary/aromatic N) is 2. The molecule has 2 aliphatic heterocycles. The molecule has 1 spiro atoms. The van der Waals surface area contributed by atoms with Crippen molar-refractivity contribution in [1.29, 1.82) is 0 Å². The lowest BCUT2D eigenvalue weighted by atomic mass is 9.74. The van der Waals surface area contributed by atoms with Gasteiger partial charge in [0.05, 0.1) is 16.6 Å². The Hall–Kier alpha value is -1.94. The smallest absolute Gasteiger partial charge is 0.240 e. The van der Waals surface area contributed by atoms with Crippen molar-refractivity contribution in [1.82, 2.24) is 25.6 Å². The second kappa shape index (κ2) is 8.30. The third-order valence-corrected chi connectivity index (χ3v) is 8.30. The first-order valence-corrected chi connectivity index (χ1v) is 12.1. The fourth-order valence-electron chi connectivity index (χ4n) is 5.21. The molecule has 4 rings (SSSR count). The molecule has 9 heteroatoms. The van der Waals surface area contributed by atoms with Crippen LogP contribution in [0, 0.1) is 0 Å². The van der Waals surface area contributed by atoms with Gasteiger partial charge in [0.15, 0.2) is 0 Å². The zero-order valence-corrected chi connectivity index (χ0v) is 18.7. The van der Waals surface area contributed by atoms with E-state index < -0.39 is 10.0 Å². The van der Waals surface area contributed by atoms with Crippen molar-refractivity contribution in [3.05, 3.63) is 42.2 Å². The normalized spacial score (nSPS) is 26.8. The van der Waals surface area contributed by atoms with Crippen LogP contribution in [0.15, 0.2) is 41.6 Å². The number of hydrogen-bond acceptors (Lipinski definition) is 6. The minimum Gasteiger partial charge on any atom is -0.359 e. The van der Waals surface area contributed by atoms with E-state index in [0.29, 0.717) is 6.04 Å². The number of sulfonamides is 1. The molecular weight excluding hydrogens is 400 g/mol. The van der Waals surface area contributed by atoms with Crippen LogP contribution in [0.5, 0.6) is 0 Å². The highest BCUT2D eigenvalue weighted by molar-refractivity contribution is 7.89. The van der Waals surface area contributed by atoms with E-state index in [1.165, 1.54) is 12.6 Å². The third kappa shape index (κ3) is 3.75. The number of anilines is 1. The number of hydrogen-bond donors (Lipinski definition) is 4. The van der Waals surface area contributed by atoms with Gasteiger partial charge in [-0.1, -0.05) is 0 Å². The first-order chi connectivity index (χ1) is 14.4. The predicted molar refractivity (Wildman–Crippen MR) is 118 cm³/mol. The highest BCUT2D eigenvalue weighted by Crippen LogP contribution is 2.41. The zero-order chi connectivity index (χ0) is 21.4. The molecule has 4 N–H and O–H groups in total. The summed E-state index contributed by atoms with van der Waals surface area (Å²) in [5.74, 6) is 0. The topological polar surface area (TPSA) is 102 Å². The SMILES string of the molecule is CNS(=O)(=O)c1ccc(N2C(Cc3cn[nH]c3)C(C)NC(C)C23CCNCC3)cc1. The van der Waals surface area contributed by atoms with Crippen molar-refractivity contribution in [3.8, 4) is 0 Å². The van der Waals surface area contributed by atoms with Gasteiger partial charge in [-0.05, 0) is 83.1 Å². The average Bonchev–Trinajstić information content (AvgIpc) is 3.26. The quantitative estimate of drug-likeness (QED) is 0.567. The summed E-state index contributed by atoms with van der Waals surface area (Å²) in [7, 11) is -2.02. The molecule has 0 bridgehead atoms. The number of benzene rings is 1. The second-order valence-electron chi connectivity index (χ2n) is 8.48. The van der Waals surface area contributed by atoms with Crippen LogP contribution in [-0.2, 0) is 16.4 Å². The van der Waals surface area contributed by atoms with Gasteiger partial charge in [0.1, 0.15) is 0 Å². The molecule has 0 aliphatic carbocycles. The summed E-state index contributed by atoms with van der Waals surface area (Å²) in [6.45, 7) is 6.47. The maximum atomic E-state index is 12.2. The predicted octanol–water partition coefficient (Wildman–Crippen LogP) is 1.24. The Balaban J connectivity index is 1.77. The monoisotopic (exact) mass is 432 g/mol. The van der Waals surface area contributed by atoms with Gasteiger partial charge in [0, 0.05) is 30.0 Å². The molecule has 0 amide bonds. The molecule has 164 valence electrons. The minimum absolute atomic E-state index is 0.0322. The first-order valence-electron chi connectivity index (χ1n) is 10.6. The van der Waals surface area contributed by atoms with Crippen LogP contribution in [0.4, 0.5) is 5.69 Å². The maximum absolute atomic E-state index is 12.2. The largest absolute Gasteiger partial charge is 0.359 e. The molecule has 1 aromatic heterocycles. The lowest BCUT2D eigenvalue weighted by Gasteiger charge is -2.60. The van der Waals surface area contributed by atoms with Crippen LogP contribution >= 0.6 is 0 Å². The van der Waals surface area contributed by atoms with Crippen LogP contribution in [0.1, 0.15) is 32.3 Å². The van der Waals surface area contributed by atoms with Crippen molar-refractivity contribution in [2.45, 2.75) is 61.7 Å². The van der Waals surface area contributed by atoms with Crippen LogP contribution in [-0.4, -0.2) is 62.4 Å². The number of nitrogens with one attached hydrogen (secondary N) is 4. The van der Waals surface area contributed by atoms with Crippen LogP contribution in [0.2, 0.25) is 0 Å². The summed E-state index contributed by atoms with van der Waals surface area (Å²) in [6.07, 6.45) is 6.78. The summed E-state index contributed by atoms with van der Waals surface area (Å²) in [5, 5.41) is 14.4. The highest BCUT2D eigenvalue weighted by Gasteiger charge is 2.50. The van der Waals surface area contributed by atoms with Crippen LogP contribution < -0.4 is 20.3 Å². The average molecular weight is 433 g/mol. The van der Waals surface area contributed by atoms with Gasteiger partial charge < -0.3 is 15.5 Å². The molecule has 2 aliphatic rings. The molecule has 2 fully saturated rings. The summed E-state index contributed by atoms with van der Waals surface area (Å²) in [5.41, 5.74) is 2.21. The molecule has 0 saturated carbocycles. The minimum atomic E-state index is -3.46. The van der Waals surface area contributed by atoms with E-state index in [1.54, 1.807) is 12.1 Å². The van der Waals surface area contributed by atoms with Gasteiger partial charge >= 0.3 is 0 Å². The van der Waals surface area contributed by atoms with E-state index >= 15 is 0 Å². The standard InChI is InChI=1S/C21H32N6O2S/c1-15-20(12-17-13-24-25-14-17)27(21(16(2)26-15)8-10-23-11-9-21)18-4-6-19(7-5-18)30(28,29)22-3/h4-7,13-16,20,22-23,26H,8-12H2,1-3H3,(H,24,25). The van der Waals surface area contributed by atoms with Gasteiger partial charge in [0.2, 0.25) is 10.0 Å². The number of piperazine rings is 1. The van der Waals surface area contributed by atoms with Crippen LogP contribution in [0.3, 0.4) is 0 Å². The molecule has 1 aromatic carbocycles. The van der Waals surface area contributed by atoms with Gasteiger partial charge in [-0.25, -0.2) is 13.1 Å². The maximum Gasteiger partial charge on any atom is 0.240 e. The molecule has 2 aromatic rings. The highest BCUT2D eigenvalue weighted by atomic mass is 32.2. The Morgan fingerprint density at radius 1 is 1.20 bits per heavy atom. The molecule has 8 nitrogen and oxygen atoms in total. The Kier molecular flexibility index (Phi) is 5.89. The lowest BCUT2D eigenvalue weighted by Crippen LogP contribution is -2.75. The molecule has 3 atom stereocenters. The van der Waals surface area contributed by atoms with Gasteiger partial charge in [-0.3, -0.25) is 5.10 Å². The van der Waals surface area contributed by atoms with E-state index in [2.05, 4.69) is 44.3 Å². The van der Waals surface area contributed by atoms with E-state index in [-0.39, 0.29) is 22.5 Å². The Morgan fingerprint density at radius 3 is 2.50 bits per heavy atom. The molecule has 2 saturated heterocycles. The number of H-pyrrole nitrogens is 1. The number of aromatic nitrogens is 2. The van der Waals surface area contributed by atoms with Crippen molar-refractivity contribution in [2.24, 2.45) is 0 Å². The molecular formula is C21H32N6O2S. The summed E-state index contributed by atoms with van der Waals surface area (Å²) >= 11 is 0. The molecule has 3 heterocycles. The van der Waals surface area contributed by atoms with E-state index in [0.717, 1.165) is 38.0 Å². The zero-order valence-electron chi connectivity index (χ0n) is 17.9. The van der Waals surface area contributed by atoms with Gasteiger partial charge in [-0.15, -0.1) is 0 Å². The van der Waals surface area contributed by atoms with Crippen molar-refractivity contribution < 1.29 is 8.42 Å². The fourth-order valence-corrected chi connectivity index (χ4v) is 5.94. The van der Waals surface area contributed by atoms with Crippen LogP contribution in [0.25, 0.3) is 0 Å². The lowest BCUT2D eigenvalue weighted by molar-refractivity contribution is 0.144. The summed E-state index contributed by atoms with van der Waals surface area (Å²) in [4.78, 5) is 2.86. The summed E-state index contributed by atoms with van der Waals surface area (Å²) in [6, 6.07) is 8.16. The Labute approximate surface area is 178 Å². The number of piperidine rings is 1. The summed E-state index contributed by atoms with van der Waals surface area (Å²) < 4.78 is 26.8. The van der Waals surface area contributed by atoms with Gasteiger partial charge in [0.25, 0.3) is 0 Å². The van der Waals surface area contributed by atoms with E-state index in [4.69, 9.17) is 0 Å².